The summed E-state index contributed by atoms with van der Waals surface area (Å²) in [6.45, 7) is 0. The zero-order valence-electron chi connectivity index (χ0n) is 10.2. The summed E-state index contributed by atoms with van der Waals surface area (Å²) in [5.41, 5.74) is 1.84. The molecule has 0 atom stereocenters. The standard InChI is InChI=1S/C15H16N2O/c18-15(14-10-11-16-12-17-14)9-5-4-8-13-6-2-1-3-7-13/h1-3,6-7,10-12H,4-5,8-9H2. The number of rotatable bonds is 6. The Hall–Kier alpha value is -2.03. The molecule has 0 unspecified atom stereocenters. The SMILES string of the molecule is O=C(CCCCc1ccccc1)c1ccncn1. The van der Waals surface area contributed by atoms with Crippen LogP contribution >= 0.6 is 0 Å². The summed E-state index contributed by atoms with van der Waals surface area (Å²) < 4.78 is 0. The van der Waals surface area contributed by atoms with Crippen LogP contribution in [0.4, 0.5) is 0 Å². The van der Waals surface area contributed by atoms with Crippen LogP contribution < -0.4 is 0 Å². The Morgan fingerprint density at radius 3 is 2.61 bits per heavy atom. The van der Waals surface area contributed by atoms with E-state index in [4.69, 9.17) is 0 Å². The maximum Gasteiger partial charge on any atom is 0.181 e. The summed E-state index contributed by atoms with van der Waals surface area (Å²) in [5, 5.41) is 0. The Morgan fingerprint density at radius 2 is 1.89 bits per heavy atom. The van der Waals surface area contributed by atoms with E-state index in [1.165, 1.54) is 11.9 Å². The quantitative estimate of drug-likeness (QED) is 0.575. The highest BCUT2D eigenvalue weighted by atomic mass is 16.1. The second-order valence-corrected chi connectivity index (χ2v) is 4.21. The van der Waals surface area contributed by atoms with E-state index in [2.05, 4.69) is 22.1 Å². The number of hydrogen-bond donors (Lipinski definition) is 0. The fourth-order valence-corrected chi connectivity index (χ4v) is 1.84. The van der Waals surface area contributed by atoms with Crippen molar-refractivity contribution in [1.29, 1.82) is 0 Å². The Labute approximate surface area is 107 Å². The molecule has 2 rings (SSSR count). The number of Topliss-reactive ketones (excluding diaryl/α,β-unsaturated/α-hetero) is 1. The van der Waals surface area contributed by atoms with Crippen LogP contribution in [0.1, 0.15) is 35.3 Å². The smallest absolute Gasteiger partial charge is 0.181 e. The zero-order valence-corrected chi connectivity index (χ0v) is 10.2. The molecule has 0 saturated carbocycles. The van der Waals surface area contributed by atoms with Crippen molar-refractivity contribution in [3.63, 3.8) is 0 Å². The molecule has 18 heavy (non-hydrogen) atoms. The number of benzene rings is 1. The first-order valence-corrected chi connectivity index (χ1v) is 6.19. The van der Waals surface area contributed by atoms with Gasteiger partial charge in [0, 0.05) is 12.6 Å². The number of unbranched alkanes of at least 4 members (excludes halogenated alkanes) is 1. The molecule has 0 spiro atoms. The van der Waals surface area contributed by atoms with Crippen molar-refractivity contribution < 1.29 is 4.79 Å². The van der Waals surface area contributed by atoms with Gasteiger partial charge >= 0.3 is 0 Å². The molecule has 1 aromatic heterocycles. The Bertz CT molecular complexity index is 482. The van der Waals surface area contributed by atoms with E-state index in [9.17, 15) is 4.79 Å². The first-order chi connectivity index (χ1) is 8.86. The van der Waals surface area contributed by atoms with Crippen molar-refractivity contribution in [2.45, 2.75) is 25.7 Å². The molecule has 3 heteroatoms. The van der Waals surface area contributed by atoms with E-state index in [0.717, 1.165) is 19.3 Å². The van der Waals surface area contributed by atoms with Crippen LogP contribution in [0.25, 0.3) is 0 Å². The van der Waals surface area contributed by atoms with Gasteiger partial charge in [-0.25, -0.2) is 9.97 Å². The molecule has 0 aliphatic carbocycles. The number of nitrogens with zero attached hydrogens (tertiary/aromatic N) is 2. The first kappa shape index (κ1) is 12.4. The fourth-order valence-electron chi connectivity index (χ4n) is 1.84. The van der Waals surface area contributed by atoms with Gasteiger partial charge < -0.3 is 0 Å². The van der Waals surface area contributed by atoms with Gasteiger partial charge in [-0.1, -0.05) is 30.3 Å². The van der Waals surface area contributed by atoms with Crippen molar-refractivity contribution in [3.05, 3.63) is 60.2 Å². The van der Waals surface area contributed by atoms with E-state index in [1.807, 2.05) is 18.2 Å². The normalized spacial score (nSPS) is 10.2. The lowest BCUT2D eigenvalue weighted by Gasteiger charge is -2.01. The Kier molecular flexibility index (Phi) is 4.59. The number of hydrogen-bond acceptors (Lipinski definition) is 3. The number of aromatic nitrogens is 2. The summed E-state index contributed by atoms with van der Waals surface area (Å²) in [6, 6.07) is 12.0. The minimum atomic E-state index is 0.102. The van der Waals surface area contributed by atoms with Gasteiger partial charge in [-0.3, -0.25) is 4.79 Å². The fraction of sp³-hybridized carbons (Fsp3) is 0.267. The highest BCUT2D eigenvalue weighted by Crippen LogP contribution is 2.08. The van der Waals surface area contributed by atoms with Gasteiger partial charge in [-0.15, -0.1) is 0 Å². The van der Waals surface area contributed by atoms with Crippen LogP contribution in [-0.4, -0.2) is 15.8 Å². The van der Waals surface area contributed by atoms with E-state index in [1.54, 1.807) is 12.3 Å². The van der Waals surface area contributed by atoms with Crippen LogP contribution in [0.2, 0.25) is 0 Å². The molecular formula is C15H16N2O. The summed E-state index contributed by atoms with van der Waals surface area (Å²) >= 11 is 0. The third kappa shape index (κ3) is 3.77. The number of ketones is 1. The number of carbonyl (C=O) groups is 1. The van der Waals surface area contributed by atoms with Crippen LogP contribution in [0.3, 0.4) is 0 Å². The van der Waals surface area contributed by atoms with Gasteiger partial charge in [-0.05, 0) is 30.9 Å². The minimum Gasteiger partial charge on any atom is -0.292 e. The molecule has 0 bridgehead atoms. The monoisotopic (exact) mass is 240 g/mol. The summed E-state index contributed by atoms with van der Waals surface area (Å²) in [6.07, 6.45) is 6.53. The molecule has 0 radical (unpaired) electrons. The first-order valence-electron chi connectivity index (χ1n) is 6.19. The molecule has 0 fully saturated rings. The number of aryl methyl sites for hydroxylation is 1. The van der Waals surface area contributed by atoms with Crippen molar-refractivity contribution in [2.75, 3.05) is 0 Å². The maximum atomic E-state index is 11.8. The highest BCUT2D eigenvalue weighted by Gasteiger charge is 2.05. The second kappa shape index (κ2) is 6.64. The van der Waals surface area contributed by atoms with Gasteiger partial charge in [0.15, 0.2) is 5.78 Å². The molecule has 1 aromatic carbocycles. The molecule has 0 amide bonds. The predicted octanol–water partition coefficient (Wildman–Crippen LogP) is 3.07. The molecular weight excluding hydrogens is 224 g/mol. The molecule has 0 saturated heterocycles. The maximum absolute atomic E-state index is 11.8. The Balaban J connectivity index is 1.72. The van der Waals surface area contributed by atoms with Gasteiger partial charge in [-0.2, -0.15) is 0 Å². The lowest BCUT2D eigenvalue weighted by Crippen LogP contribution is -2.02. The lowest BCUT2D eigenvalue weighted by atomic mass is 10.0. The predicted molar refractivity (Wildman–Crippen MR) is 70.4 cm³/mol. The van der Waals surface area contributed by atoms with E-state index >= 15 is 0 Å². The van der Waals surface area contributed by atoms with E-state index in [0.29, 0.717) is 12.1 Å². The molecule has 0 aliphatic heterocycles. The minimum absolute atomic E-state index is 0.102. The van der Waals surface area contributed by atoms with Crippen LogP contribution in [-0.2, 0) is 6.42 Å². The molecule has 2 aromatic rings. The lowest BCUT2D eigenvalue weighted by molar-refractivity contribution is 0.0974. The number of carbonyl (C=O) groups excluding carboxylic acids is 1. The molecule has 92 valence electrons. The molecule has 3 nitrogen and oxygen atoms in total. The zero-order chi connectivity index (χ0) is 12.6. The van der Waals surface area contributed by atoms with Crippen molar-refractivity contribution in [3.8, 4) is 0 Å². The summed E-state index contributed by atoms with van der Waals surface area (Å²) in [5.74, 6) is 0.102. The van der Waals surface area contributed by atoms with Crippen molar-refractivity contribution >= 4 is 5.78 Å². The van der Waals surface area contributed by atoms with E-state index in [-0.39, 0.29) is 5.78 Å². The third-order valence-electron chi connectivity index (χ3n) is 2.83. The van der Waals surface area contributed by atoms with Gasteiger partial charge in [0.25, 0.3) is 0 Å². The van der Waals surface area contributed by atoms with Crippen LogP contribution in [0.15, 0.2) is 48.9 Å². The molecule has 0 N–H and O–H groups in total. The summed E-state index contributed by atoms with van der Waals surface area (Å²) in [7, 11) is 0. The van der Waals surface area contributed by atoms with Crippen LogP contribution in [0, 0.1) is 0 Å². The second-order valence-electron chi connectivity index (χ2n) is 4.21. The van der Waals surface area contributed by atoms with Gasteiger partial charge in [0.2, 0.25) is 0 Å². The molecule has 1 heterocycles. The largest absolute Gasteiger partial charge is 0.292 e. The van der Waals surface area contributed by atoms with Gasteiger partial charge in [0.05, 0.1) is 0 Å². The van der Waals surface area contributed by atoms with Gasteiger partial charge in [0.1, 0.15) is 12.0 Å². The third-order valence-corrected chi connectivity index (χ3v) is 2.83. The summed E-state index contributed by atoms with van der Waals surface area (Å²) in [4.78, 5) is 19.5. The topological polar surface area (TPSA) is 42.9 Å². The average molecular weight is 240 g/mol. The van der Waals surface area contributed by atoms with Crippen LogP contribution in [0.5, 0.6) is 0 Å². The van der Waals surface area contributed by atoms with Crippen molar-refractivity contribution in [2.24, 2.45) is 0 Å². The highest BCUT2D eigenvalue weighted by molar-refractivity contribution is 5.93. The molecule has 0 aliphatic rings. The van der Waals surface area contributed by atoms with Crippen molar-refractivity contribution in [1.82, 2.24) is 9.97 Å². The average Bonchev–Trinajstić information content (AvgIpc) is 2.45. The van der Waals surface area contributed by atoms with E-state index < -0.39 is 0 Å². The Morgan fingerprint density at radius 1 is 1.06 bits per heavy atom.